The second kappa shape index (κ2) is 6.71. The third-order valence-corrected chi connectivity index (χ3v) is 6.85. The number of nitrogens with one attached hydrogen (secondary N) is 1. The molecule has 4 nitrogen and oxygen atoms in total. The summed E-state index contributed by atoms with van der Waals surface area (Å²) in [5.74, 6) is 0.883. The number of ether oxygens (including phenoxy) is 1. The topological polar surface area (TPSA) is 43.9 Å². The largest absolute Gasteiger partial charge is 0.444 e. The number of fused-ring (bicyclic) bond motifs is 5. The van der Waals surface area contributed by atoms with Crippen LogP contribution in [0.25, 0.3) is 21.7 Å². The van der Waals surface area contributed by atoms with E-state index in [4.69, 9.17) is 9.15 Å². The van der Waals surface area contributed by atoms with Gasteiger partial charge in [0.15, 0.2) is 0 Å². The van der Waals surface area contributed by atoms with Crippen molar-refractivity contribution in [1.29, 1.82) is 0 Å². The van der Waals surface area contributed by atoms with E-state index in [0.717, 1.165) is 28.6 Å². The predicted molar refractivity (Wildman–Crippen MR) is 117 cm³/mol. The van der Waals surface area contributed by atoms with Gasteiger partial charge in [-0.3, -0.25) is 4.90 Å². The van der Waals surface area contributed by atoms with E-state index in [2.05, 4.69) is 30.3 Å². The lowest BCUT2D eigenvalue weighted by atomic mass is 9.86. The Kier molecular flexibility index (Phi) is 3.96. The molecule has 1 unspecified atom stereocenters. The van der Waals surface area contributed by atoms with Crippen LogP contribution in [0.4, 0.5) is 0 Å². The molecule has 6 rings (SSSR count). The summed E-state index contributed by atoms with van der Waals surface area (Å²) < 4.78 is 12.0. The molecule has 0 spiro atoms. The third-order valence-electron chi connectivity index (χ3n) is 6.85. The maximum absolute atomic E-state index is 12.5. The van der Waals surface area contributed by atoms with Crippen molar-refractivity contribution in [2.75, 3.05) is 6.73 Å². The van der Waals surface area contributed by atoms with Crippen molar-refractivity contribution in [3.05, 3.63) is 87.3 Å². The minimum absolute atomic E-state index is 0.289. The Morgan fingerprint density at radius 2 is 1.77 bits per heavy atom. The van der Waals surface area contributed by atoms with Gasteiger partial charge in [0.1, 0.15) is 23.9 Å². The molecule has 3 aromatic carbocycles. The summed E-state index contributed by atoms with van der Waals surface area (Å²) in [6.45, 7) is 3.55. The Morgan fingerprint density at radius 3 is 2.67 bits per heavy atom. The van der Waals surface area contributed by atoms with Gasteiger partial charge < -0.3 is 9.15 Å². The van der Waals surface area contributed by atoms with Gasteiger partial charge in [-0.15, -0.1) is 0 Å². The second-order valence-corrected chi connectivity index (χ2v) is 8.57. The Labute approximate surface area is 174 Å². The van der Waals surface area contributed by atoms with Crippen molar-refractivity contribution < 1.29 is 14.1 Å². The zero-order chi connectivity index (χ0) is 20.2. The maximum Gasteiger partial charge on any atom is 0.344 e. The summed E-state index contributed by atoms with van der Waals surface area (Å²) in [5.41, 5.74) is 5.43. The van der Waals surface area contributed by atoms with Crippen molar-refractivity contribution in [3.8, 4) is 5.75 Å². The Bertz CT molecular complexity index is 1350. The molecule has 2 atom stereocenters. The normalized spacial score (nSPS) is 20.6. The van der Waals surface area contributed by atoms with Crippen molar-refractivity contribution in [3.63, 3.8) is 0 Å². The van der Waals surface area contributed by atoms with Gasteiger partial charge in [0.25, 0.3) is 0 Å². The molecule has 0 radical (unpaired) electrons. The second-order valence-electron chi connectivity index (χ2n) is 8.57. The van der Waals surface area contributed by atoms with E-state index in [1.807, 2.05) is 31.2 Å². The average molecular weight is 398 g/mol. The molecule has 0 saturated heterocycles. The first-order chi connectivity index (χ1) is 14.7. The van der Waals surface area contributed by atoms with Gasteiger partial charge >= 0.3 is 5.63 Å². The number of hydrogen-bond donors (Lipinski definition) is 1. The fourth-order valence-electron chi connectivity index (χ4n) is 5.42. The summed E-state index contributed by atoms with van der Waals surface area (Å²) in [6.07, 6.45) is 3.59. The molecule has 4 aromatic rings. The van der Waals surface area contributed by atoms with E-state index in [-0.39, 0.29) is 5.63 Å². The summed E-state index contributed by atoms with van der Waals surface area (Å²) in [6, 6.07) is 19.2. The number of hydrogen-bond acceptors (Lipinski definition) is 3. The van der Waals surface area contributed by atoms with Crippen LogP contribution in [-0.4, -0.2) is 6.73 Å². The zero-order valence-electron chi connectivity index (χ0n) is 17.0. The highest BCUT2D eigenvalue weighted by atomic mass is 16.5. The van der Waals surface area contributed by atoms with E-state index in [0.29, 0.717) is 23.7 Å². The average Bonchev–Trinajstić information content (AvgIpc) is 2.79. The molecule has 1 aromatic heterocycles. The summed E-state index contributed by atoms with van der Waals surface area (Å²) >= 11 is 0. The number of quaternary nitrogens is 1. The standard InChI is InChI=1S/C26H23NO3/c1-16-24-18(13-22-20-10-4-5-11-21(20)26(28)30-25(16)22)14-27(15-29-24)23-12-6-8-17-7-2-3-9-19(17)23/h2-5,7,9-11,13,23H,6,8,12,14-15H2,1H3/p+1/t23-/m1/s1. The number of benzene rings is 3. The first-order valence-corrected chi connectivity index (χ1v) is 10.7. The third kappa shape index (κ3) is 2.60. The van der Waals surface area contributed by atoms with E-state index < -0.39 is 0 Å². The fraction of sp³-hybridized carbons (Fsp3) is 0.269. The number of aryl methyl sites for hydroxylation is 2. The Balaban J connectivity index is 1.48. The van der Waals surface area contributed by atoms with Gasteiger partial charge in [0.05, 0.1) is 5.39 Å². The van der Waals surface area contributed by atoms with Crippen molar-refractivity contribution >= 4 is 21.7 Å². The van der Waals surface area contributed by atoms with E-state index in [9.17, 15) is 4.79 Å². The molecular formula is C26H24NO3+. The molecule has 1 N–H and O–H groups in total. The lowest BCUT2D eigenvalue weighted by Gasteiger charge is -2.36. The molecule has 30 heavy (non-hydrogen) atoms. The summed E-state index contributed by atoms with van der Waals surface area (Å²) in [7, 11) is 0. The smallest absolute Gasteiger partial charge is 0.344 e. The van der Waals surface area contributed by atoms with Crippen molar-refractivity contribution in [2.24, 2.45) is 0 Å². The molecule has 0 fully saturated rings. The number of rotatable bonds is 1. The minimum atomic E-state index is -0.289. The van der Waals surface area contributed by atoms with Crippen LogP contribution in [0.15, 0.2) is 63.8 Å². The first kappa shape index (κ1) is 17.7. The van der Waals surface area contributed by atoms with Gasteiger partial charge in [0.2, 0.25) is 6.73 Å². The molecule has 150 valence electrons. The lowest BCUT2D eigenvalue weighted by molar-refractivity contribution is -0.963. The molecule has 0 amide bonds. The highest BCUT2D eigenvalue weighted by molar-refractivity contribution is 6.06. The molecule has 2 aliphatic rings. The molecule has 0 saturated carbocycles. The minimum Gasteiger partial charge on any atom is -0.444 e. The van der Waals surface area contributed by atoms with Crippen molar-refractivity contribution in [2.45, 2.75) is 38.8 Å². The quantitative estimate of drug-likeness (QED) is 0.388. The van der Waals surface area contributed by atoms with Crippen molar-refractivity contribution in [1.82, 2.24) is 0 Å². The molecular weight excluding hydrogens is 374 g/mol. The Morgan fingerprint density at radius 1 is 0.967 bits per heavy atom. The maximum atomic E-state index is 12.5. The van der Waals surface area contributed by atoms with Gasteiger partial charge in [0, 0.05) is 28.5 Å². The highest BCUT2D eigenvalue weighted by Crippen LogP contribution is 2.36. The molecule has 2 heterocycles. The predicted octanol–water partition coefficient (Wildman–Crippen LogP) is 4.07. The summed E-state index contributed by atoms with van der Waals surface area (Å²) in [4.78, 5) is 13.9. The van der Waals surface area contributed by atoms with Crippen LogP contribution in [0.3, 0.4) is 0 Å². The van der Waals surface area contributed by atoms with Crippen LogP contribution >= 0.6 is 0 Å². The fourth-order valence-corrected chi connectivity index (χ4v) is 5.42. The van der Waals surface area contributed by atoms with E-state index in [1.54, 1.807) is 0 Å². The molecule has 4 heteroatoms. The SMILES string of the molecule is Cc1c2c(cc3c1oc(=O)c1ccccc13)C[NH+]([C@@H]1CCCc3ccccc31)CO2. The van der Waals surface area contributed by atoms with Crippen LogP contribution < -0.4 is 15.3 Å². The molecule has 0 bridgehead atoms. The zero-order valence-corrected chi connectivity index (χ0v) is 17.0. The van der Waals surface area contributed by atoms with E-state index >= 15 is 0 Å². The van der Waals surface area contributed by atoms with Gasteiger partial charge in [-0.25, -0.2) is 4.79 Å². The van der Waals surface area contributed by atoms with Crippen LogP contribution in [-0.2, 0) is 13.0 Å². The van der Waals surface area contributed by atoms with Crippen LogP contribution in [0, 0.1) is 6.92 Å². The van der Waals surface area contributed by atoms with E-state index in [1.165, 1.54) is 40.9 Å². The Hall–Kier alpha value is -3.11. The van der Waals surface area contributed by atoms with Crippen LogP contribution in [0.2, 0.25) is 0 Å². The highest BCUT2D eigenvalue weighted by Gasteiger charge is 2.33. The monoisotopic (exact) mass is 398 g/mol. The summed E-state index contributed by atoms with van der Waals surface area (Å²) in [5, 5.41) is 2.58. The van der Waals surface area contributed by atoms with Gasteiger partial charge in [-0.05, 0) is 42.8 Å². The van der Waals surface area contributed by atoms with Gasteiger partial charge in [-0.1, -0.05) is 42.5 Å². The lowest BCUT2D eigenvalue weighted by Crippen LogP contribution is -3.12. The van der Waals surface area contributed by atoms with Gasteiger partial charge in [-0.2, -0.15) is 0 Å². The molecule has 1 aliphatic heterocycles. The van der Waals surface area contributed by atoms with Crippen LogP contribution in [0.1, 0.15) is 41.1 Å². The first-order valence-electron chi connectivity index (χ1n) is 10.7. The molecule has 1 aliphatic carbocycles. The van der Waals surface area contributed by atoms with Crippen LogP contribution in [0.5, 0.6) is 5.75 Å².